The van der Waals surface area contributed by atoms with Crippen molar-refractivity contribution in [2.24, 2.45) is 0 Å². The Morgan fingerprint density at radius 3 is 2.52 bits per heavy atom. The second-order valence-corrected chi connectivity index (χ2v) is 10.5. The Hall–Kier alpha value is -1.97. The van der Waals surface area contributed by atoms with Crippen molar-refractivity contribution < 1.29 is 13.2 Å². The number of carbonyl (C=O) groups excluding carboxylic acids is 1. The molecule has 0 fully saturated rings. The number of anilines is 2. The number of benzene rings is 1. The average Bonchev–Trinajstić information content (AvgIpc) is 3.02. The average molecular weight is 409 g/mol. The van der Waals surface area contributed by atoms with Gasteiger partial charge < -0.3 is 4.90 Å². The second-order valence-electron chi connectivity index (χ2n) is 6.96. The Morgan fingerprint density at radius 2 is 1.93 bits per heavy atom. The molecule has 146 valence electrons. The molecule has 2 heterocycles. The van der Waals surface area contributed by atoms with Gasteiger partial charge >= 0.3 is 0 Å². The van der Waals surface area contributed by atoms with Crippen molar-refractivity contribution in [3.8, 4) is 0 Å². The number of hydrogen-bond acceptors (Lipinski definition) is 6. The molecule has 1 aliphatic heterocycles. The molecule has 0 aliphatic carbocycles. The maximum Gasteiger partial charge on any atom is 0.257 e. The van der Waals surface area contributed by atoms with Gasteiger partial charge in [0.1, 0.15) is 0 Å². The molecular formula is C18H24N4O3S2. The maximum absolute atomic E-state index is 12.5. The Kier molecular flexibility index (Phi) is 5.55. The van der Waals surface area contributed by atoms with Crippen molar-refractivity contribution in [2.75, 3.05) is 30.9 Å². The fraction of sp³-hybridized carbons (Fsp3) is 0.444. The van der Waals surface area contributed by atoms with E-state index in [-0.39, 0.29) is 5.91 Å². The topological polar surface area (TPSA) is 82.6 Å². The number of sulfonamides is 1. The lowest BCUT2D eigenvalue weighted by molar-refractivity contribution is 0.102. The maximum atomic E-state index is 12.5. The molecule has 1 amide bonds. The lowest BCUT2D eigenvalue weighted by Crippen LogP contribution is -2.39. The van der Waals surface area contributed by atoms with Gasteiger partial charge in [0, 0.05) is 49.7 Å². The highest BCUT2D eigenvalue weighted by Crippen LogP contribution is 2.30. The minimum absolute atomic E-state index is 0.224. The first-order valence-corrected chi connectivity index (χ1v) is 11.1. The molecule has 3 rings (SSSR count). The lowest BCUT2D eigenvalue weighted by Gasteiger charge is -2.26. The minimum atomic E-state index is -3.29. The molecule has 2 aromatic rings. The van der Waals surface area contributed by atoms with Crippen LogP contribution in [-0.4, -0.2) is 49.5 Å². The monoisotopic (exact) mass is 408 g/mol. The molecule has 7 nitrogen and oxygen atoms in total. The first-order chi connectivity index (χ1) is 12.7. The van der Waals surface area contributed by atoms with E-state index in [0.29, 0.717) is 30.2 Å². The fourth-order valence-corrected chi connectivity index (χ4v) is 5.17. The number of carbonyl (C=O) groups is 1. The van der Waals surface area contributed by atoms with Crippen LogP contribution in [0.15, 0.2) is 24.3 Å². The highest BCUT2D eigenvalue weighted by atomic mass is 32.2. The third kappa shape index (κ3) is 4.15. The van der Waals surface area contributed by atoms with E-state index in [1.807, 2.05) is 31.1 Å². The molecule has 9 heteroatoms. The fourth-order valence-electron chi connectivity index (χ4n) is 2.82. The summed E-state index contributed by atoms with van der Waals surface area (Å²) in [6, 6.07) is 7.32. The molecule has 1 aliphatic rings. The highest BCUT2D eigenvalue weighted by Gasteiger charge is 2.31. The molecule has 0 spiro atoms. The van der Waals surface area contributed by atoms with Gasteiger partial charge in [0.05, 0.1) is 10.9 Å². The van der Waals surface area contributed by atoms with E-state index in [4.69, 9.17) is 0 Å². The number of nitrogens with zero attached hydrogens (tertiary/aromatic N) is 3. The van der Waals surface area contributed by atoms with Crippen LogP contribution in [0.2, 0.25) is 0 Å². The Labute approximate surface area is 164 Å². The van der Waals surface area contributed by atoms with Crippen LogP contribution < -0.4 is 10.2 Å². The summed E-state index contributed by atoms with van der Waals surface area (Å²) < 4.78 is 26.3. The Balaban J connectivity index is 1.72. The predicted molar refractivity (Wildman–Crippen MR) is 109 cm³/mol. The first kappa shape index (κ1) is 19.8. The van der Waals surface area contributed by atoms with Gasteiger partial charge in [-0.1, -0.05) is 0 Å². The van der Waals surface area contributed by atoms with Crippen molar-refractivity contribution in [2.45, 2.75) is 32.1 Å². The highest BCUT2D eigenvalue weighted by molar-refractivity contribution is 7.89. The van der Waals surface area contributed by atoms with Crippen LogP contribution in [-0.2, 0) is 23.0 Å². The summed E-state index contributed by atoms with van der Waals surface area (Å²) in [5, 5.41) is 2.88. The van der Waals surface area contributed by atoms with Crippen LogP contribution in [0.1, 0.15) is 34.8 Å². The molecule has 0 bridgehead atoms. The van der Waals surface area contributed by atoms with Crippen molar-refractivity contribution in [3.05, 3.63) is 40.4 Å². The van der Waals surface area contributed by atoms with Crippen LogP contribution in [0.3, 0.4) is 0 Å². The number of thiazole rings is 1. The third-order valence-electron chi connectivity index (χ3n) is 4.52. The largest absolute Gasteiger partial charge is 0.378 e. The van der Waals surface area contributed by atoms with E-state index in [2.05, 4.69) is 10.3 Å². The number of rotatable bonds is 5. The van der Waals surface area contributed by atoms with Gasteiger partial charge in [0.25, 0.3) is 5.91 Å². The van der Waals surface area contributed by atoms with E-state index in [9.17, 15) is 13.2 Å². The van der Waals surface area contributed by atoms with Crippen molar-refractivity contribution >= 4 is 38.1 Å². The van der Waals surface area contributed by atoms with Crippen LogP contribution in [0.25, 0.3) is 0 Å². The molecule has 1 aromatic heterocycles. The summed E-state index contributed by atoms with van der Waals surface area (Å²) in [5.41, 5.74) is 2.44. The summed E-state index contributed by atoms with van der Waals surface area (Å²) in [6.45, 7) is 4.12. The molecule has 0 atom stereocenters. The SMILES string of the molecule is CC(C)S(=O)(=O)N1CCc2nc(NC(=O)c3ccc(N(C)C)cc3)sc2C1. The van der Waals surface area contributed by atoms with Gasteiger partial charge in [-0.3, -0.25) is 10.1 Å². The van der Waals surface area contributed by atoms with Crippen molar-refractivity contribution in [1.82, 2.24) is 9.29 Å². The molecule has 0 saturated carbocycles. The Bertz CT molecular complexity index is 934. The lowest BCUT2D eigenvalue weighted by atomic mass is 10.2. The van der Waals surface area contributed by atoms with Crippen molar-refractivity contribution in [1.29, 1.82) is 0 Å². The minimum Gasteiger partial charge on any atom is -0.378 e. The number of nitrogens with one attached hydrogen (secondary N) is 1. The van der Waals surface area contributed by atoms with Gasteiger partial charge in [-0.2, -0.15) is 4.31 Å². The third-order valence-corrected chi connectivity index (χ3v) is 7.74. The molecule has 1 aromatic carbocycles. The van der Waals surface area contributed by atoms with Gasteiger partial charge in [-0.05, 0) is 38.1 Å². The van der Waals surface area contributed by atoms with E-state index in [0.717, 1.165) is 16.3 Å². The van der Waals surface area contributed by atoms with E-state index >= 15 is 0 Å². The zero-order valence-corrected chi connectivity index (χ0v) is 17.5. The summed E-state index contributed by atoms with van der Waals surface area (Å²) in [4.78, 5) is 19.8. The number of aromatic nitrogens is 1. The zero-order valence-electron chi connectivity index (χ0n) is 15.9. The zero-order chi connectivity index (χ0) is 19.8. The Morgan fingerprint density at radius 1 is 1.26 bits per heavy atom. The van der Waals surface area contributed by atoms with Crippen molar-refractivity contribution in [3.63, 3.8) is 0 Å². The van der Waals surface area contributed by atoms with Gasteiger partial charge in [0.15, 0.2) is 5.13 Å². The molecule has 27 heavy (non-hydrogen) atoms. The number of fused-ring (bicyclic) bond motifs is 1. The second kappa shape index (κ2) is 7.57. The quantitative estimate of drug-likeness (QED) is 0.822. The summed E-state index contributed by atoms with van der Waals surface area (Å²) >= 11 is 1.34. The summed E-state index contributed by atoms with van der Waals surface area (Å²) in [5.74, 6) is -0.224. The van der Waals surface area contributed by atoms with E-state index < -0.39 is 15.3 Å². The summed E-state index contributed by atoms with van der Waals surface area (Å²) in [6.07, 6.45) is 0.561. The van der Waals surface area contributed by atoms with Crippen LogP contribution in [0, 0.1) is 0 Å². The van der Waals surface area contributed by atoms with Gasteiger partial charge in [-0.25, -0.2) is 13.4 Å². The molecule has 1 N–H and O–H groups in total. The van der Waals surface area contributed by atoms with Gasteiger partial charge in [0.2, 0.25) is 10.0 Å². The standard InChI is InChI=1S/C18H24N4O3S2/c1-12(2)27(24,25)22-10-9-15-16(11-22)26-18(19-15)20-17(23)13-5-7-14(8-6-13)21(3)4/h5-8,12H,9-11H2,1-4H3,(H,19,20,23). The van der Waals surface area contributed by atoms with E-state index in [1.54, 1.807) is 26.0 Å². The number of amides is 1. The molecule has 0 saturated heterocycles. The van der Waals surface area contributed by atoms with E-state index in [1.165, 1.54) is 15.6 Å². The molecular weight excluding hydrogens is 384 g/mol. The van der Waals surface area contributed by atoms with Crippen LogP contribution >= 0.6 is 11.3 Å². The molecule has 0 unspecified atom stereocenters. The van der Waals surface area contributed by atoms with Gasteiger partial charge in [-0.15, -0.1) is 11.3 Å². The first-order valence-electron chi connectivity index (χ1n) is 8.74. The smallest absolute Gasteiger partial charge is 0.257 e. The van der Waals surface area contributed by atoms with Crippen LogP contribution in [0.5, 0.6) is 0 Å². The predicted octanol–water partition coefficient (Wildman–Crippen LogP) is 2.56. The summed E-state index contributed by atoms with van der Waals surface area (Å²) in [7, 11) is 0.595. The number of hydrogen-bond donors (Lipinski definition) is 1. The molecule has 0 radical (unpaired) electrons. The normalized spacial score (nSPS) is 14.9. The van der Waals surface area contributed by atoms with Crippen LogP contribution in [0.4, 0.5) is 10.8 Å².